The minimum atomic E-state index is -0.355. The van der Waals surface area contributed by atoms with Crippen molar-refractivity contribution in [1.82, 2.24) is 10.2 Å². The molecule has 2 amide bonds. The molecule has 6 heteroatoms. The lowest BCUT2D eigenvalue weighted by Gasteiger charge is -2.41. The molecule has 3 rings (SSSR count). The van der Waals surface area contributed by atoms with E-state index in [0.717, 1.165) is 39.0 Å². The molecule has 138 valence electrons. The van der Waals surface area contributed by atoms with Crippen LogP contribution in [0.5, 0.6) is 0 Å². The number of anilines is 1. The maximum absolute atomic E-state index is 13.2. The van der Waals surface area contributed by atoms with Gasteiger partial charge in [0.05, 0.1) is 6.10 Å². The highest BCUT2D eigenvalue weighted by Gasteiger charge is 2.29. The summed E-state index contributed by atoms with van der Waals surface area (Å²) in [4.78, 5) is 14.6. The molecule has 2 N–H and O–H groups in total. The maximum atomic E-state index is 13.2. The number of rotatable bonds is 4. The van der Waals surface area contributed by atoms with E-state index < -0.39 is 0 Å². The molecule has 5 nitrogen and oxygen atoms in total. The van der Waals surface area contributed by atoms with Crippen LogP contribution < -0.4 is 10.6 Å². The third-order valence-corrected chi connectivity index (χ3v) is 5.16. The first-order valence-electron chi connectivity index (χ1n) is 9.26. The van der Waals surface area contributed by atoms with Crippen LogP contribution in [0.3, 0.4) is 0 Å². The van der Waals surface area contributed by atoms with Gasteiger partial charge in [0.15, 0.2) is 0 Å². The Bertz CT molecular complexity index is 584. The van der Waals surface area contributed by atoms with Crippen LogP contribution in [0.15, 0.2) is 24.3 Å². The first-order valence-corrected chi connectivity index (χ1v) is 9.26. The van der Waals surface area contributed by atoms with E-state index in [1.165, 1.54) is 18.6 Å². The predicted molar refractivity (Wildman–Crippen MR) is 96.2 cm³/mol. The number of piperidine rings is 1. The van der Waals surface area contributed by atoms with E-state index in [0.29, 0.717) is 30.3 Å². The molecule has 2 aliphatic heterocycles. The van der Waals surface area contributed by atoms with Crippen LogP contribution in [0.1, 0.15) is 32.6 Å². The summed E-state index contributed by atoms with van der Waals surface area (Å²) in [6.07, 6.45) is 4.85. The van der Waals surface area contributed by atoms with E-state index in [4.69, 9.17) is 4.74 Å². The Morgan fingerprint density at radius 2 is 2.28 bits per heavy atom. The molecule has 0 aliphatic carbocycles. The quantitative estimate of drug-likeness (QED) is 0.877. The SMILES string of the molecule is C[C@@H]1C[C@@H](N2CCCC(CNC(=O)Nc3cccc(F)c3)C2)CCO1. The number of likely N-dealkylation sites (tertiary alicyclic amines) is 1. The third-order valence-electron chi connectivity index (χ3n) is 5.16. The van der Waals surface area contributed by atoms with Gasteiger partial charge in [0.25, 0.3) is 0 Å². The Kier molecular flexibility index (Phi) is 6.26. The molecule has 2 fully saturated rings. The topological polar surface area (TPSA) is 53.6 Å². The van der Waals surface area contributed by atoms with Crippen molar-refractivity contribution >= 4 is 11.7 Å². The summed E-state index contributed by atoms with van der Waals surface area (Å²) < 4.78 is 18.8. The minimum Gasteiger partial charge on any atom is -0.378 e. The van der Waals surface area contributed by atoms with Gasteiger partial charge < -0.3 is 15.4 Å². The van der Waals surface area contributed by atoms with Crippen molar-refractivity contribution in [3.63, 3.8) is 0 Å². The molecule has 2 saturated heterocycles. The zero-order valence-corrected chi connectivity index (χ0v) is 14.8. The van der Waals surface area contributed by atoms with Gasteiger partial charge in [0, 0.05) is 31.4 Å². The number of hydrogen-bond acceptors (Lipinski definition) is 3. The molecule has 0 radical (unpaired) electrons. The molecule has 25 heavy (non-hydrogen) atoms. The number of benzene rings is 1. The van der Waals surface area contributed by atoms with Crippen molar-refractivity contribution in [2.75, 3.05) is 31.6 Å². The highest BCUT2D eigenvalue weighted by molar-refractivity contribution is 5.89. The molecule has 1 unspecified atom stereocenters. The van der Waals surface area contributed by atoms with Crippen molar-refractivity contribution < 1.29 is 13.9 Å². The Balaban J connectivity index is 1.44. The second-order valence-electron chi connectivity index (χ2n) is 7.21. The second-order valence-corrected chi connectivity index (χ2v) is 7.21. The summed E-state index contributed by atoms with van der Waals surface area (Å²) in [5, 5.41) is 5.61. The number of nitrogens with zero attached hydrogens (tertiary/aromatic N) is 1. The number of carbonyl (C=O) groups is 1. The van der Waals surface area contributed by atoms with Crippen LogP contribution in [0.25, 0.3) is 0 Å². The fourth-order valence-electron chi connectivity index (χ4n) is 3.88. The van der Waals surface area contributed by atoms with Gasteiger partial charge in [-0.2, -0.15) is 0 Å². The fraction of sp³-hybridized carbons (Fsp3) is 0.632. The Morgan fingerprint density at radius 1 is 1.40 bits per heavy atom. The number of hydrogen-bond donors (Lipinski definition) is 2. The normalized spacial score (nSPS) is 27.7. The van der Waals surface area contributed by atoms with Gasteiger partial charge in [-0.25, -0.2) is 9.18 Å². The standard InChI is InChI=1S/C19H28FN3O2/c1-14-10-18(7-9-25-14)23-8-3-4-15(13-23)12-21-19(24)22-17-6-2-5-16(20)11-17/h2,5-6,11,14-15,18H,3-4,7-10,12-13H2,1H3,(H2,21,22,24)/t14-,15?,18+/m1/s1. The van der Waals surface area contributed by atoms with Gasteiger partial charge in [-0.1, -0.05) is 6.07 Å². The van der Waals surface area contributed by atoms with Gasteiger partial charge in [-0.15, -0.1) is 0 Å². The van der Waals surface area contributed by atoms with Crippen LogP contribution in [0.4, 0.5) is 14.9 Å². The van der Waals surface area contributed by atoms with Crippen molar-refractivity contribution in [2.24, 2.45) is 5.92 Å². The summed E-state index contributed by atoms with van der Waals surface area (Å²) in [5.74, 6) is 0.108. The second kappa shape index (κ2) is 8.63. The average molecular weight is 349 g/mol. The summed E-state index contributed by atoms with van der Waals surface area (Å²) in [7, 11) is 0. The lowest BCUT2D eigenvalue weighted by molar-refractivity contribution is -0.0264. The third kappa shape index (κ3) is 5.41. The van der Waals surface area contributed by atoms with Crippen molar-refractivity contribution in [1.29, 1.82) is 0 Å². The van der Waals surface area contributed by atoms with Crippen LogP contribution >= 0.6 is 0 Å². The lowest BCUT2D eigenvalue weighted by Crippen LogP contribution is -2.48. The molecule has 2 heterocycles. The summed E-state index contributed by atoms with van der Waals surface area (Å²) in [5.41, 5.74) is 0.471. The highest BCUT2D eigenvalue weighted by Crippen LogP contribution is 2.25. The minimum absolute atomic E-state index is 0.276. The molecular formula is C19H28FN3O2. The van der Waals surface area contributed by atoms with E-state index in [2.05, 4.69) is 22.5 Å². The smallest absolute Gasteiger partial charge is 0.319 e. The summed E-state index contributed by atoms with van der Waals surface area (Å²) >= 11 is 0. The first-order chi connectivity index (χ1) is 12.1. The van der Waals surface area contributed by atoms with Crippen molar-refractivity contribution in [3.05, 3.63) is 30.1 Å². The number of halogens is 1. The van der Waals surface area contributed by atoms with Gasteiger partial charge in [-0.05, 0) is 63.3 Å². The van der Waals surface area contributed by atoms with E-state index in [1.807, 2.05) is 0 Å². The molecule has 0 bridgehead atoms. The van der Waals surface area contributed by atoms with Crippen LogP contribution in [-0.4, -0.2) is 49.3 Å². The average Bonchev–Trinajstić information content (AvgIpc) is 2.60. The van der Waals surface area contributed by atoms with Crippen LogP contribution in [0, 0.1) is 11.7 Å². The molecule has 1 aromatic carbocycles. The van der Waals surface area contributed by atoms with Crippen molar-refractivity contribution in [2.45, 2.75) is 44.8 Å². The zero-order valence-electron chi connectivity index (χ0n) is 14.8. The van der Waals surface area contributed by atoms with E-state index >= 15 is 0 Å². The Hall–Kier alpha value is -1.66. The van der Waals surface area contributed by atoms with E-state index in [1.54, 1.807) is 12.1 Å². The van der Waals surface area contributed by atoms with Crippen LogP contribution in [-0.2, 0) is 4.74 Å². The number of carbonyl (C=O) groups excluding carboxylic acids is 1. The van der Waals surface area contributed by atoms with Crippen molar-refractivity contribution in [3.8, 4) is 0 Å². The Labute approximate surface area is 148 Å². The monoisotopic (exact) mass is 349 g/mol. The molecule has 0 aromatic heterocycles. The molecule has 1 aromatic rings. The first kappa shape index (κ1) is 18.1. The number of nitrogens with one attached hydrogen (secondary N) is 2. The van der Waals surface area contributed by atoms with E-state index in [9.17, 15) is 9.18 Å². The highest BCUT2D eigenvalue weighted by atomic mass is 19.1. The number of ether oxygens (including phenoxy) is 1. The molecule has 0 saturated carbocycles. The number of urea groups is 1. The van der Waals surface area contributed by atoms with Gasteiger partial charge >= 0.3 is 6.03 Å². The van der Waals surface area contributed by atoms with Gasteiger partial charge in [-0.3, -0.25) is 4.90 Å². The fourth-order valence-corrected chi connectivity index (χ4v) is 3.88. The van der Waals surface area contributed by atoms with E-state index in [-0.39, 0.29) is 11.8 Å². The molecular weight excluding hydrogens is 321 g/mol. The predicted octanol–water partition coefficient (Wildman–Crippen LogP) is 3.23. The number of amides is 2. The molecule has 0 spiro atoms. The van der Waals surface area contributed by atoms with Crippen LogP contribution in [0.2, 0.25) is 0 Å². The largest absolute Gasteiger partial charge is 0.378 e. The zero-order chi connectivity index (χ0) is 17.6. The maximum Gasteiger partial charge on any atom is 0.319 e. The lowest BCUT2D eigenvalue weighted by atomic mass is 9.93. The summed E-state index contributed by atoms with van der Waals surface area (Å²) in [6.45, 7) is 5.81. The van der Waals surface area contributed by atoms with Gasteiger partial charge in [0.2, 0.25) is 0 Å². The molecule has 3 atom stereocenters. The summed E-state index contributed by atoms with van der Waals surface area (Å²) in [6, 6.07) is 6.26. The Morgan fingerprint density at radius 3 is 3.08 bits per heavy atom. The molecule has 2 aliphatic rings. The van der Waals surface area contributed by atoms with Gasteiger partial charge in [0.1, 0.15) is 5.82 Å².